The maximum atomic E-state index is 13.1. The maximum absolute atomic E-state index is 13.1. The molecule has 1 fully saturated rings. The molecule has 0 saturated heterocycles. The third-order valence-corrected chi connectivity index (χ3v) is 6.70. The second kappa shape index (κ2) is 12.0. The first-order chi connectivity index (χ1) is 18.1. The summed E-state index contributed by atoms with van der Waals surface area (Å²) in [4.78, 5) is 31.7. The van der Waals surface area contributed by atoms with Crippen LogP contribution < -0.4 is 15.4 Å². The number of amides is 2. The number of nitrogens with one attached hydrogen (secondary N) is 2. The van der Waals surface area contributed by atoms with E-state index in [1.165, 1.54) is 11.3 Å². The molecule has 2 aliphatic rings. The molecule has 3 N–H and O–H groups in total. The van der Waals surface area contributed by atoms with Gasteiger partial charge < -0.3 is 30.0 Å². The lowest BCUT2D eigenvalue weighted by atomic mass is 9.91. The number of ether oxygens (including phenoxy) is 3. The normalized spacial score (nSPS) is 18.1. The summed E-state index contributed by atoms with van der Waals surface area (Å²) in [5, 5.41) is 17.3. The SMILES string of the molecule is COCOc1ccc2c(c1)CN(C(=O)OC(C)(C)C)[C@H]([C@H](O)CNC(=O)c1cc(NC3CCC3)ccn1)C2. The number of carbonyl (C=O) groups excluding carboxylic acids is 2. The fourth-order valence-corrected chi connectivity index (χ4v) is 4.52. The Morgan fingerprint density at radius 3 is 2.66 bits per heavy atom. The smallest absolute Gasteiger partial charge is 0.410 e. The van der Waals surface area contributed by atoms with Crippen molar-refractivity contribution in [1.29, 1.82) is 0 Å². The number of anilines is 1. The van der Waals surface area contributed by atoms with Gasteiger partial charge in [-0.15, -0.1) is 0 Å². The van der Waals surface area contributed by atoms with Gasteiger partial charge in [-0.05, 0) is 81.8 Å². The zero-order valence-corrected chi connectivity index (χ0v) is 22.5. The lowest BCUT2D eigenvalue weighted by Crippen LogP contribution is -2.54. The third-order valence-electron chi connectivity index (χ3n) is 6.70. The Morgan fingerprint density at radius 1 is 1.18 bits per heavy atom. The average Bonchev–Trinajstić information content (AvgIpc) is 2.86. The van der Waals surface area contributed by atoms with Gasteiger partial charge in [0.05, 0.1) is 12.1 Å². The van der Waals surface area contributed by atoms with Crippen molar-refractivity contribution in [2.24, 2.45) is 0 Å². The number of benzene rings is 1. The van der Waals surface area contributed by atoms with Crippen molar-refractivity contribution in [2.75, 3.05) is 25.8 Å². The molecule has 1 aromatic carbocycles. The Hall–Kier alpha value is -3.37. The molecule has 10 nitrogen and oxygen atoms in total. The molecule has 4 rings (SSSR count). The summed E-state index contributed by atoms with van der Waals surface area (Å²) in [5.74, 6) is 0.240. The van der Waals surface area contributed by atoms with Crippen molar-refractivity contribution in [3.8, 4) is 5.75 Å². The van der Waals surface area contributed by atoms with Crippen LogP contribution in [0, 0.1) is 0 Å². The molecule has 38 heavy (non-hydrogen) atoms. The topological polar surface area (TPSA) is 122 Å². The highest BCUT2D eigenvalue weighted by molar-refractivity contribution is 5.93. The van der Waals surface area contributed by atoms with Gasteiger partial charge in [-0.1, -0.05) is 6.07 Å². The van der Waals surface area contributed by atoms with Crippen LogP contribution in [0.2, 0.25) is 0 Å². The number of rotatable bonds is 9. The number of methoxy groups -OCH3 is 1. The molecular formula is C28H38N4O6. The van der Waals surface area contributed by atoms with Gasteiger partial charge in [0.1, 0.15) is 17.0 Å². The number of carbonyl (C=O) groups is 2. The second-order valence-electron chi connectivity index (χ2n) is 10.8. The Balaban J connectivity index is 1.45. The Labute approximate surface area is 223 Å². The van der Waals surface area contributed by atoms with E-state index in [1.807, 2.05) is 24.3 Å². The van der Waals surface area contributed by atoms with Gasteiger partial charge in [0, 0.05) is 38.1 Å². The molecule has 0 bridgehead atoms. The van der Waals surface area contributed by atoms with Crippen LogP contribution in [0.3, 0.4) is 0 Å². The van der Waals surface area contributed by atoms with Crippen LogP contribution >= 0.6 is 0 Å². The van der Waals surface area contributed by atoms with Crippen molar-refractivity contribution in [3.05, 3.63) is 53.3 Å². The molecule has 2 heterocycles. The van der Waals surface area contributed by atoms with E-state index >= 15 is 0 Å². The molecule has 1 aliphatic carbocycles. The highest BCUT2D eigenvalue weighted by Crippen LogP contribution is 2.30. The van der Waals surface area contributed by atoms with E-state index < -0.39 is 23.8 Å². The van der Waals surface area contributed by atoms with E-state index in [-0.39, 0.29) is 31.5 Å². The van der Waals surface area contributed by atoms with Crippen LogP contribution in [0.1, 0.15) is 61.6 Å². The van der Waals surface area contributed by atoms with Crippen LogP contribution in [-0.4, -0.2) is 71.2 Å². The van der Waals surface area contributed by atoms with Crippen molar-refractivity contribution in [2.45, 2.75) is 76.8 Å². The Bertz CT molecular complexity index is 1130. The van der Waals surface area contributed by atoms with E-state index in [9.17, 15) is 14.7 Å². The number of fused-ring (bicyclic) bond motifs is 1. The summed E-state index contributed by atoms with van der Waals surface area (Å²) < 4.78 is 16.2. The first kappa shape index (κ1) is 27.7. The van der Waals surface area contributed by atoms with Crippen LogP contribution in [0.4, 0.5) is 10.5 Å². The highest BCUT2D eigenvalue weighted by Gasteiger charge is 2.37. The number of aromatic nitrogens is 1. The quantitative estimate of drug-likeness (QED) is 0.425. The number of nitrogens with zero attached hydrogens (tertiary/aromatic N) is 2. The van der Waals surface area contributed by atoms with E-state index in [2.05, 4.69) is 15.6 Å². The van der Waals surface area contributed by atoms with E-state index in [0.717, 1.165) is 29.7 Å². The van der Waals surface area contributed by atoms with Crippen molar-refractivity contribution >= 4 is 17.7 Å². The Morgan fingerprint density at radius 2 is 1.97 bits per heavy atom. The van der Waals surface area contributed by atoms with Crippen LogP contribution in [0.5, 0.6) is 5.75 Å². The summed E-state index contributed by atoms with van der Waals surface area (Å²) in [6.45, 7) is 5.70. The van der Waals surface area contributed by atoms with Crippen LogP contribution in [-0.2, 0) is 22.4 Å². The zero-order chi connectivity index (χ0) is 27.3. The van der Waals surface area contributed by atoms with Gasteiger partial charge in [-0.25, -0.2) is 4.79 Å². The minimum atomic E-state index is -1.03. The third kappa shape index (κ3) is 7.14. The highest BCUT2D eigenvalue weighted by atomic mass is 16.7. The van der Waals surface area contributed by atoms with Crippen molar-refractivity contribution in [1.82, 2.24) is 15.2 Å². The molecule has 1 saturated carbocycles. The Kier molecular flexibility index (Phi) is 8.73. The maximum Gasteiger partial charge on any atom is 0.410 e. The van der Waals surface area contributed by atoms with Gasteiger partial charge in [-0.3, -0.25) is 14.7 Å². The van der Waals surface area contributed by atoms with E-state index in [1.54, 1.807) is 40.1 Å². The molecule has 2 amide bonds. The fourth-order valence-electron chi connectivity index (χ4n) is 4.52. The molecule has 0 radical (unpaired) electrons. The largest absolute Gasteiger partial charge is 0.468 e. The molecule has 2 atom stereocenters. The number of pyridine rings is 1. The van der Waals surface area contributed by atoms with Crippen LogP contribution in [0.15, 0.2) is 36.5 Å². The molecule has 1 aromatic heterocycles. The molecule has 1 aliphatic heterocycles. The molecular weight excluding hydrogens is 488 g/mol. The molecule has 10 heteroatoms. The van der Waals surface area contributed by atoms with Crippen LogP contribution in [0.25, 0.3) is 0 Å². The molecule has 206 valence electrons. The van der Waals surface area contributed by atoms with E-state index in [0.29, 0.717) is 18.2 Å². The van der Waals surface area contributed by atoms with Gasteiger partial charge in [0.25, 0.3) is 5.91 Å². The average molecular weight is 527 g/mol. The molecule has 0 spiro atoms. The fraction of sp³-hybridized carbons (Fsp3) is 0.536. The van der Waals surface area contributed by atoms with Gasteiger partial charge >= 0.3 is 6.09 Å². The standard InChI is InChI=1S/C28H38N4O6/c1-28(2,3)38-27(35)32-16-19-12-22(37-17-36-4)9-8-18(19)13-24(32)25(33)15-30-26(34)23-14-21(10-11-29-23)31-20-6-5-7-20/h8-12,14,20,24-25,33H,5-7,13,15-17H2,1-4H3,(H,29,31)(H,30,34)/t24-,25+/m0/s1. The minimum absolute atomic E-state index is 0.0465. The summed E-state index contributed by atoms with van der Waals surface area (Å²) in [7, 11) is 1.55. The molecule has 2 aromatic rings. The van der Waals surface area contributed by atoms with Gasteiger partial charge in [0.2, 0.25) is 0 Å². The summed E-state index contributed by atoms with van der Waals surface area (Å²) in [6.07, 6.45) is 3.89. The number of aliphatic hydroxyl groups is 1. The summed E-state index contributed by atoms with van der Waals surface area (Å²) in [5.41, 5.74) is 2.31. The lowest BCUT2D eigenvalue weighted by molar-refractivity contribution is -0.0114. The number of hydrogen-bond donors (Lipinski definition) is 3. The monoisotopic (exact) mass is 526 g/mol. The number of hydrogen-bond acceptors (Lipinski definition) is 8. The summed E-state index contributed by atoms with van der Waals surface area (Å²) >= 11 is 0. The second-order valence-corrected chi connectivity index (χ2v) is 10.8. The first-order valence-corrected chi connectivity index (χ1v) is 13.0. The summed E-state index contributed by atoms with van der Waals surface area (Å²) in [6, 6.07) is 9.03. The van der Waals surface area contributed by atoms with Gasteiger partial charge in [0.15, 0.2) is 6.79 Å². The van der Waals surface area contributed by atoms with Crippen molar-refractivity contribution in [3.63, 3.8) is 0 Å². The zero-order valence-electron chi connectivity index (χ0n) is 22.5. The lowest BCUT2D eigenvalue weighted by Gasteiger charge is -2.40. The molecule has 0 unspecified atom stereocenters. The van der Waals surface area contributed by atoms with Crippen molar-refractivity contribution < 1.29 is 28.9 Å². The predicted molar refractivity (Wildman–Crippen MR) is 142 cm³/mol. The van der Waals surface area contributed by atoms with E-state index in [4.69, 9.17) is 14.2 Å². The minimum Gasteiger partial charge on any atom is -0.468 e. The number of aliphatic hydroxyl groups excluding tert-OH is 1. The first-order valence-electron chi connectivity index (χ1n) is 13.0. The predicted octanol–water partition coefficient (Wildman–Crippen LogP) is 3.48. The van der Waals surface area contributed by atoms with Gasteiger partial charge in [-0.2, -0.15) is 0 Å².